The summed E-state index contributed by atoms with van der Waals surface area (Å²) in [5.41, 5.74) is 6.95. The Morgan fingerprint density at radius 1 is 1.19 bits per heavy atom. The smallest absolute Gasteiger partial charge is 0.252 e. The minimum atomic E-state index is -0.679. The molecule has 1 amide bonds. The molecule has 0 aliphatic heterocycles. The molecule has 4 N–H and O–H groups in total. The van der Waals surface area contributed by atoms with Crippen molar-refractivity contribution in [3.8, 4) is 0 Å². The summed E-state index contributed by atoms with van der Waals surface area (Å²) in [5.74, 6) is -0.353. The summed E-state index contributed by atoms with van der Waals surface area (Å²) in [6.45, 7) is 0. The van der Waals surface area contributed by atoms with Crippen molar-refractivity contribution < 1.29 is 10.0 Å². The molecule has 1 unspecified atom stereocenters. The first-order valence-corrected chi connectivity index (χ1v) is 7.28. The van der Waals surface area contributed by atoms with Gasteiger partial charge in [0.25, 0.3) is 5.91 Å². The van der Waals surface area contributed by atoms with Crippen LogP contribution in [0.4, 0.5) is 0 Å². The first-order valence-electron chi connectivity index (χ1n) is 6.20. The predicted molar refractivity (Wildman–Crippen MR) is 89.2 cm³/mol. The molecule has 1 atom stereocenters. The average Bonchev–Trinajstić information content (AvgIpc) is 2.52. The van der Waals surface area contributed by atoms with Crippen molar-refractivity contribution in [3.63, 3.8) is 0 Å². The third kappa shape index (κ3) is 3.94. The van der Waals surface area contributed by atoms with Crippen LogP contribution in [0.25, 0.3) is 0 Å². The molecule has 2 aromatic rings. The lowest BCUT2D eigenvalue weighted by Crippen LogP contribution is -2.37. The minimum absolute atomic E-state index is 0.0693. The number of halogens is 1. The topological polar surface area (TPSA) is 87.7 Å². The fraction of sp³-hybridized carbons (Fsp3) is 0.0667. The lowest BCUT2D eigenvalue weighted by molar-refractivity contribution is 0.0946. The highest BCUT2D eigenvalue weighted by Gasteiger charge is 2.19. The molecule has 2 rings (SSSR count). The molecule has 0 bridgehead atoms. The number of amidine groups is 1. The van der Waals surface area contributed by atoms with Gasteiger partial charge in [0.05, 0.1) is 0 Å². The van der Waals surface area contributed by atoms with E-state index in [1.165, 1.54) is 0 Å². The maximum Gasteiger partial charge on any atom is 0.252 e. The predicted octanol–water partition coefficient (Wildman–Crippen LogP) is 2.51. The van der Waals surface area contributed by atoms with Gasteiger partial charge >= 0.3 is 0 Å². The Labute approximate surface area is 136 Å². The van der Waals surface area contributed by atoms with Gasteiger partial charge in [-0.2, -0.15) is 0 Å². The largest absolute Gasteiger partial charge is 0.409 e. The maximum atomic E-state index is 12.3. The summed E-state index contributed by atoms with van der Waals surface area (Å²) in [6.07, 6.45) is 0. The zero-order valence-electron chi connectivity index (χ0n) is 11.0. The van der Waals surface area contributed by atoms with E-state index in [0.717, 1.165) is 9.13 Å². The lowest BCUT2D eigenvalue weighted by atomic mass is 10.1. The number of nitrogens with one attached hydrogen (secondary N) is 1. The molecule has 6 heteroatoms. The van der Waals surface area contributed by atoms with E-state index in [2.05, 4.69) is 33.1 Å². The fourth-order valence-electron chi connectivity index (χ4n) is 1.88. The van der Waals surface area contributed by atoms with Gasteiger partial charge in [-0.1, -0.05) is 41.6 Å². The number of nitrogens with two attached hydrogens (primary N) is 1. The Balaban J connectivity index is 2.26. The minimum Gasteiger partial charge on any atom is -0.409 e. The monoisotopic (exact) mass is 395 g/mol. The van der Waals surface area contributed by atoms with Crippen molar-refractivity contribution in [1.29, 1.82) is 0 Å². The van der Waals surface area contributed by atoms with Gasteiger partial charge in [-0.05, 0) is 46.4 Å². The van der Waals surface area contributed by atoms with E-state index in [4.69, 9.17) is 10.9 Å². The van der Waals surface area contributed by atoms with Crippen LogP contribution in [0.2, 0.25) is 0 Å². The number of oxime groups is 1. The Kier molecular flexibility index (Phi) is 5.15. The van der Waals surface area contributed by atoms with E-state index in [1.54, 1.807) is 30.3 Å². The highest BCUT2D eigenvalue weighted by atomic mass is 127. The molecule has 21 heavy (non-hydrogen) atoms. The Bertz CT molecular complexity index is 659. The SMILES string of the molecule is N/C(=N\O)C(NC(=O)c1cccc(I)c1)c1ccccc1. The third-order valence-corrected chi connectivity index (χ3v) is 3.58. The molecular weight excluding hydrogens is 381 g/mol. The van der Waals surface area contributed by atoms with Gasteiger partial charge in [-0.25, -0.2) is 0 Å². The summed E-state index contributed by atoms with van der Waals surface area (Å²) < 4.78 is 0.959. The first kappa shape index (κ1) is 15.3. The number of carbonyl (C=O) groups excluding carboxylic acids is 1. The summed E-state index contributed by atoms with van der Waals surface area (Å²) >= 11 is 2.14. The molecule has 0 aliphatic rings. The van der Waals surface area contributed by atoms with Crippen molar-refractivity contribution in [1.82, 2.24) is 5.32 Å². The Morgan fingerprint density at radius 3 is 2.52 bits per heavy atom. The van der Waals surface area contributed by atoms with E-state index < -0.39 is 6.04 Å². The number of benzene rings is 2. The molecule has 0 radical (unpaired) electrons. The van der Waals surface area contributed by atoms with Crippen LogP contribution < -0.4 is 11.1 Å². The molecular formula is C15H14IN3O2. The van der Waals surface area contributed by atoms with Gasteiger partial charge < -0.3 is 16.3 Å². The third-order valence-electron chi connectivity index (χ3n) is 2.91. The summed E-state index contributed by atoms with van der Waals surface area (Å²) in [6, 6.07) is 15.6. The average molecular weight is 395 g/mol. The van der Waals surface area contributed by atoms with Crippen LogP contribution in [0.15, 0.2) is 59.8 Å². The van der Waals surface area contributed by atoms with Gasteiger partial charge in [0.15, 0.2) is 5.84 Å². The molecule has 0 spiro atoms. The molecule has 5 nitrogen and oxygen atoms in total. The Morgan fingerprint density at radius 2 is 1.90 bits per heavy atom. The van der Waals surface area contributed by atoms with Crippen LogP contribution in [0.3, 0.4) is 0 Å². The second-order valence-electron chi connectivity index (χ2n) is 4.35. The molecule has 0 aromatic heterocycles. The number of hydrogen-bond donors (Lipinski definition) is 3. The molecule has 0 saturated carbocycles. The number of rotatable bonds is 4. The second-order valence-corrected chi connectivity index (χ2v) is 5.60. The van der Waals surface area contributed by atoms with Crippen molar-refractivity contribution >= 4 is 34.3 Å². The van der Waals surface area contributed by atoms with E-state index in [1.807, 2.05) is 24.3 Å². The lowest BCUT2D eigenvalue weighted by Gasteiger charge is -2.18. The number of carbonyl (C=O) groups is 1. The quantitative estimate of drug-likeness (QED) is 0.245. The van der Waals surface area contributed by atoms with Gasteiger partial charge in [0, 0.05) is 9.13 Å². The molecule has 108 valence electrons. The summed E-state index contributed by atoms with van der Waals surface area (Å²) in [7, 11) is 0. The normalized spacial score (nSPS) is 12.7. The van der Waals surface area contributed by atoms with E-state index in [9.17, 15) is 4.79 Å². The van der Waals surface area contributed by atoms with Crippen LogP contribution >= 0.6 is 22.6 Å². The zero-order valence-corrected chi connectivity index (χ0v) is 13.2. The van der Waals surface area contributed by atoms with Crippen molar-refractivity contribution in [2.24, 2.45) is 10.9 Å². The molecule has 0 aliphatic carbocycles. The summed E-state index contributed by atoms with van der Waals surface area (Å²) in [4.78, 5) is 12.3. The fourth-order valence-corrected chi connectivity index (χ4v) is 2.42. The van der Waals surface area contributed by atoms with Gasteiger partial charge in [-0.15, -0.1) is 0 Å². The first-order chi connectivity index (χ1) is 10.1. The molecule has 0 saturated heterocycles. The van der Waals surface area contributed by atoms with Crippen molar-refractivity contribution in [2.75, 3.05) is 0 Å². The number of hydrogen-bond acceptors (Lipinski definition) is 3. The van der Waals surface area contributed by atoms with Crippen molar-refractivity contribution in [3.05, 3.63) is 69.3 Å². The highest BCUT2D eigenvalue weighted by molar-refractivity contribution is 14.1. The maximum absolute atomic E-state index is 12.3. The van der Waals surface area contributed by atoms with Gasteiger partial charge in [0.2, 0.25) is 0 Å². The van der Waals surface area contributed by atoms with Crippen LogP contribution in [0, 0.1) is 3.57 Å². The van der Waals surface area contributed by atoms with E-state index in [-0.39, 0.29) is 11.7 Å². The number of amides is 1. The van der Waals surface area contributed by atoms with Crippen molar-refractivity contribution in [2.45, 2.75) is 6.04 Å². The van der Waals surface area contributed by atoms with Crippen LogP contribution in [-0.4, -0.2) is 17.0 Å². The molecule has 0 fully saturated rings. The molecule has 0 heterocycles. The highest BCUT2D eigenvalue weighted by Crippen LogP contribution is 2.15. The second kappa shape index (κ2) is 7.07. The van der Waals surface area contributed by atoms with Gasteiger partial charge in [-0.3, -0.25) is 4.79 Å². The van der Waals surface area contributed by atoms with Crippen LogP contribution in [0.1, 0.15) is 22.0 Å². The standard InChI is InChI=1S/C15H14IN3O2/c16-12-8-4-7-11(9-12)15(20)18-13(14(17)19-21)10-5-2-1-3-6-10/h1-9,13,21H,(H2,17,19)(H,18,20). The molecule has 2 aromatic carbocycles. The van der Waals surface area contributed by atoms with Gasteiger partial charge in [0.1, 0.15) is 6.04 Å². The summed E-state index contributed by atoms with van der Waals surface area (Å²) in [5, 5.41) is 14.7. The van der Waals surface area contributed by atoms with Crippen LogP contribution in [-0.2, 0) is 0 Å². The van der Waals surface area contributed by atoms with E-state index in [0.29, 0.717) is 5.56 Å². The van der Waals surface area contributed by atoms with Crippen LogP contribution in [0.5, 0.6) is 0 Å². The zero-order chi connectivity index (χ0) is 15.2. The Hall–Kier alpha value is -2.09. The van der Waals surface area contributed by atoms with E-state index >= 15 is 0 Å². The number of nitrogens with zero attached hydrogens (tertiary/aromatic N) is 1.